The fourth-order valence-electron chi connectivity index (χ4n) is 1.71. The van der Waals surface area contributed by atoms with Crippen LogP contribution in [0.2, 0.25) is 0 Å². The summed E-state index contributed by atoms with van der Waals surface area (Å²) in [4.78, 5) is 15.8. The van der Waals surface area contributed by atoms with Crippen molar-refractivity contribution < 1.29 is 13.2 Å². The fraction of sp³-hybridized carbons (Fsp3) is 0.400. The van der Waals surface area contributed by atoms with E-state index in [0.29, 0.717) is 16.8 Å². The van der Waals surface area contributed by atoms with Crippen molar-refractivity contribution in [1.29, 1.82) is 0 Å². The molecule has 0 bridgehead atoms. The van der Waals surface area contributed by atoms with Crippen LogP contribution in [0.5, 0.6) is 0 Å². The summed E-state index contributed by atoms with van der Waals surface area (Å²) >= 11 is 3.20. The maximum absolute atomic E-state index is 11.8. The molecule has 5 nitrogen and oxygen atoms in total. The van der Waals surface area contributed by atoms with Gasteiger partial charge in [-0.05, 0) is 34.5 Å². The van der Waals surface area contributed by atoms with Crippen molar-refractivity contribution in [2.75, 3.05) is 16.8 Å². The SMILES string of the molecule is O=C(Nc1cccc(Br)n1)C1CCS(=O)(=O)C1. The molecule has 17 heavy (non-hydrogen) atoms. The standard InChI is InChI=1S/C10H11BrN2O3S/c11-8-2-1-3-9(12-8)13-10(14)7-4-5-17(15,16)6-7/h1-3,7H,4-6H2,(H,12,13,14). The third-order valence-electron chi connectivity index (χ3n) is 2.57. The smallest absolute Gasteiger partial charge is 0.229 e. The van der Waals surface area contributed by atoms with E-state index in [1.165, 1.54) is 0 Å². The minimum absolute atomic E-state index is 0.0627. The molecule has 0 saturated carbocycles. The van der Waals surface area contributed by atoms with Crippen LogP contribution >= 0.6 is 15.9 Å². The van der Waals surface area contributed by atoms with Gasteiger partial charge in [0, 0.05) is 0 Å². The number of sulfone groups is 1. The van der Waals surface area contributed by atoms with E-state index in [0.717, 1.165) is 0 Å². The third kappa shape index (κ3) is 3.26. The predicted molar refractivity (Wildman–Crippen MR) is 67.3 cm³/mol. The number of anilines is 1. The highest BCUT2D eigenvalue weighted by Crippen LogP contribution is 2.20. The van der Waals surface area contributed by atoms with Crippen LogP contribution in [0.4, 0.5) is 5.82 Å². The van der Waals surface area contributed by atoms with Crippen LogP contribution in [0.25, 0.3) is 0 Å². The van der Waals surface area contributed by atoms with Gasteiger partial charge in [-0.15, -0.1) is 0 Å². The highest BCUT2D eigenvalue weighted by molar-refractivity contribution is 9.10. The average molecular weight is 319 g/mol. The molecule has 92 valence electrons. The maximum atomic E-state index is 11.8. The van der Waals surface area contributed by atoms with E-state index in [9.17, 15) is 13.2 Å². The first-order valence-corrected chi connectivity index (χ1v) is 7.71. The van der Waals surface area contributed by atoms with Crippen LogP contribution in [0.1, 0.15) is 6.42 Å². The number of nitrogens with one attached hydrogen (secondary N) is 1. The summed E-state index contributed by atoms with van der Waals surface area (Å²) in [7, 11) is -3.03. The van der Waals surface area contributed by atoms with Crippen LogP contribution in [0, 0.1) is 5.92 Å². The van der Waals surface area contributed by atoms with Crippen molar-refractivity contribution in [3.8, 4) is 0 Å². The number of pyridine rings is 1. The van der Waals surface area contributed by atoms with Gasteiger partial charge >= 0.3 is 0 Å². The summed E-state index contributed by atoms with van der Waals surface area (Å²) in [5, 5.41) is 2.62. The Morgan fingerprint density at radius 1 is 1.47 bits per heavy atom. The van der Waals surface area contributed by atoms with Gasteiger partial charge in [-0.1, -0.05) is 6.07 Å². The number of carbonyl (C=O) groups excluding carboxylic acids is 1. The molecule has 1 fully saturated rings. The van der Waals surface area contributed by atoms with Gasteiger partial charge in [0.2, 0.25) is 5.91 Å². The van der Waals surface area contributed by atoms with Gasteiger partial charge in [0.25, 0.3) is 0 Å². The summed E-state index contributed by atoms with van der Waals surface area (Å²) in [6, 6.07) is 5.15. The molecule has 1 aliphatic rings. The van der Waals surface area contributed by atoms with Gasteiger partial charge in [-0.25, -0.2) is 13.4 Å². The first-order valence-electron chi connectivity index (χ1n) is 5.10. The summed E-state index contributed by atoms with van der Waals surface area (Å²) in [6.07, 6.45) is 0.391. The first-order chi connectivity index (χ1) is 7.96. The molecule has 0 aromatic carbocycles. The lowest BCUT2D eigenvalue weighted by Gasteiger charge is -2.08. The largest absolute Gasteiger partial charge is 0.310 e. The number of hydrogen-bond donors (Lipinski definition) is 1. The molecule has 1 saturated heterocycles. The number of aromatic nitrogens is 1. The van der Waals surface area contributed by atoms with Crippen molar-refractivity contribution in [2.45, 2.75) is 6.42 Å². The second kappa shape index (κ2) is 4.73. The topological polar surface area (TPSA) is 76.1 Å². The van der Waals surface area contributed by atoms with Crippen molar-refractivity contribution >= 4 is 37.5 Å². The summed E-state index contributed by atoms with van der Waals surface area (Å²) in [5.74, 6) is -0.282. The highest BCUT2D eigenvalue weighted by atomic mass is 79.9. The summed E-state index contributed by atoms with van der Waals surface area (Å²) < 4.78 is 23.1. The molecular weight excluding hydrogens is 308 g/mol. The van der Waals surface area contributed by atoms with Gasteiger partial charge in [-0.3, -0.25) is 4.79 Å². The van der Waals surface area contributed by atoms with E-state index in [4.69, 9.17) is 0 Å². The van der Waals surface area contributed by atoms with Crippen molar-refractivity contribution in [2.24, 2.45) is 5.92 Å². The Morgan fingerprint density at radius 3 is 2.82 bits per heavy atom. The Hall–Kier alpha value is -0.950. The van der Waals surface area contributed by atoms with Crippen LogP contribution in [0.15, 0.2) is 22.8 Å². The van der Waals surface area contributed by atoms with E-state index < -0.39 is 15.8 Å². The summed E-state index contributed by atoms with van der Waals surface area (Å²) in [6.45, 7) is 0. The second-order valence-electron chi connectivity index (χ2n) is 3.93. The van der Waals surface area contributed by atoms with E-state index in [2.05, 4.69) is 26.2 Å². The Balaban J connectivity index is 2.03. The van der Waals surface area contributed by atoms with Gasteiger partial charge in [0.1, 0.15) is 10.4 Å². The molecule has 2 rings (SSSR count). The maximum Gasteiger partial charge on any atom is 0.229 e. The molecule has 1 aromatic heterocycles. The van der Waals surface area contributed by atoms with Gasteiger partial charge < -0.3 is 5.32 Å². The predicted octanol–water partition coefficient (Wildman–Crippen LogP) is 1.22. The molecule has 1 atom stereocenters. The van der Waals surface area contributed by atoms with Gasteiger partial charge in [0.05, 0.1) is 17.4 Å². The van der Waals surface area contributed by atoms with Crippen molar-refractivity contribution in [1.82, 2.24) is 4.98 Å². The van der Waals surface area contributed by atoms with Gasteiger partial charge in [-0.2, -0.15) is 0 Å². The number of halogens is 1. The number of carbonyl (C=O) groups is 1. The van der Waals surface area contributed by atoms with E-state index >= 15 is 0 Å². The monoisotopic (exact) mass is 318 g/mol. The molecule has 1 aliphatic heterocycles. The highest BCUT2D eigenvalue weighted by Gasteiger charge is 2.33. The molecule has 0 radical (unpaired) electrons. The third-order valence-corrected chi connectivity index (χ3v) is 4.78. The van der Waals surface area contributed by atoms with Crippen molar-refractivity contribution in [3.63, 3.8) is 0 Å². The summed E-state index contributed by atoms with van der Waals surface area (Å²) in [5.41, 5.74) is 0. The molecule has 1 N–H and O–H groups in total. The lowest BCUT2D eigenvalue weighted by atomic mass is 10.1. The number of nitrogens with zero attached hydrogens (tertiary/aromatic N) is 1. The lowest BCUT2D eigenvalue weighted by molar-refractivity contribution is -0.119. The van der Waals surface area contributed by atoms with Crippen LogP contribution in [-0.4, -0.2) is 30.8 Å². The molecule has 2 heterocycles. The average Bonchev–Trinajstić information content (AvgIpc) is 2.59. The quantitative estimate of drug-likeness (QED) is 0.832. The Kier molecular flexibility index (Phi) is 3.48. The minimum Gasteiger partial charge on any atom is -0.310 e. The van der Waals surface area contributed by atoms with E-state index in [1.54, 1.807) is 18.2 Å². The molecule has 1 aromatic rings. The molecule has 7 heteroatoms. The Bertz CT molecular complexity index is 544. The molecule has 1 unspecified atom stereocenters. The lowest BCUT2D eigenvalue weighted by Crippen LogP contribution is -2.24. The van der Waals surface area contributed by atoms with Crippen LogP contribution in [0.3, 0.4) is 0 Å². The van der Waals surface area contributed by atoms with Crippen molar-refractivity contribution in [3.05, 3.63) is 22.8 Å². The Morgan fingerprint density at radius 2 is 2.24 bits per heavy atom. The number of hydrogen-bond acceptors (Lipinski definition) is 4. The molecule has 1 amide bonds. The number of rotatable bonds is 2. The zero-order chi connectivity index (χ0) is 12.5. The fourth-order valence-corrected chi connectivity index (χ4v) is 3.79. The second-order valence-corrected chi connectivity index (χ2v) is 6.98. The molecule has 0 spiro atoms. The van der Waals surface area contributed by atoms with E-state index in [1.807, 2.05) is 0 Å². The van der Waals surface area contributed by atoms with E-state index in [-0.39, 0.29) is 17.4 Å². The minimum atomic E-state index is -3.03. The van der Waals surface area contributed by atoms with Crippen LogP contribution < -0.4 is 5.32 Å². The zero-order valence-corrected chi connectivity index (χ0v) is 11.3. The Labute approximate surface area is 108 Å². The van der Waals surface area contributed by atoms with Gasteiger partial charge in [0.15, 0.2) is 9.84 Å². The van der Waals surface area contributed by atoms with Crippen LogP contribution in [-0.2, 0) is 14.6 Å². The molecular formula is C10H11BrN2O3S. The normalized spacial score (nSPS) is 22.3. The number of amides is 1. The molecule has 0 aliphatic carbocycles. The first kappa shape index (κ1) is 12.5. The zero-order valence-electron chi connectivity index (χ0n) is 8.89.